The lowest BCUT2D eigenvalue weighted by molar-refractivity contribution is 0.0724. The molecule has 5 heteroatoms. The highest BCUT2D eigenvalue weighted by molar-refractivity contribution is 6.01. The van der Waals surface area contributed by atoms with Crippen LogP contribution in [0.5, 0.6) is 0 Å². The average Bonchev–Trinajstić information content (AvgIpc) is 2.38. The number of nitrogens with two attached hydrogens (primary N) is 2. The SMILES string of the molecule is NC(=O)c1ccc(C(=O)N2CCCCC2)cc1N. The molecule has 0 unspecified atom stereocenters. The number of nitrogens with zero attached hydrogens (tertiary/aromatic N) is 1. The molecule has 2 rings (SSSR count). The van der Waals surface area contributed by atoms with Gasteiger partial charge < -0.3 is 16.4 Å². The molecule has 0 aromatic heterocycles. The Labute approximate surface area is 106 Å². The topological polar surface area (TPSA) is 89.4 Å². The Morgan fingerprint density at radius 2 is 1.78 bits per heavy atom. The lowest BCUT2D eigenvalue weighted by atomic mass is 10.1. The Morgan fingerprint density at radius 3 is 2.33 bits per heavy atom. The summed E-state index contributed by atoms with van der Waals surface area (Å²) < 4.78 is 0. The van der Waals surface area contributed by atoms with Crippen molar-refractivity contribution in [1.29, 1.82) is 0 Å². The average molecular weight is 247 g/mol. The molecule has 0 spiro atoms. The number of amides is 2. The molecule has 2 amide bonds. The van der Waals surface area contributed by atoms with Crippen molar-refractivity contribution >= 4 is 17.5 Å². The summed E-state index contributed by atoms with van der Waals surface area (Å²) in [6, 6.07) is 4.64. The van der Waals surface area contributed by atoms with E-state index in [-0.39, 0.29) is 17.2 Å². The fourth-order valence-electron chi connectivity index (χ4n) is 2.20. The van der Waals surface area contributed by atoms with Crippen LogP contribution >= 0.6 is 0 Å². The van der Waals surface area contributed by atoms with Crippen molar-refractivity contribution in [2.75, 3.05) is 18.8 Å². The van der Waals surface area contributed by atoms with Crippen LogP contribution in [0.4, 0.5) is 5.69 Å². The van der Waals surface area contributed by atoms with Gasteiger partial charge in [-0.2, -0.15) is 0 Å². The smallest absolute Gasteiger partial charge is 0.253 e. The molecule has 1 aromatic rings. The van der Waals surface area contributed by atoms with Crippen molar-refractivity contribution < 1.29 is 9.59 Å². The second-order valence-electron chi connectivity index (χ2n) is 4.52. The van der Waals surface area contributed by atoms with Gasteiger partial charge in [-0.3, -0.25) is 9.59 Å². The summed E-state index contributed by atoms with van der Waals surface area (Å²) >= 11 is 0. The predicted octanol–water partition coefficient (Wildman–Crippen LogP) is 0.994. The largest absolute Gasteiger partial charge is 0.398 e. The minimum atomic E-state index is -0.579. The number of carbonyl (C=O) groups is 2. The Morgan fingerprint density at radius 1 is 1.11 bits per heavy atom. The molecule has 1 heterocycles. The van der Waals surface area contributed by atoms with Gasteiger partial charge in [-0.05, 0) is 37.5 Å². The third-order valence-electron chi connectivity index (χ3n) is 3.21. The molecule has 5 nitrogen and oxygen atoms in total. The molecule has 1 fully saturated rings. The fraction of sp³-hybridized carbons (Fsp3) is 0.385. The summed E-state index contributed by atoms with van der Waals surface area (Å²) in [4.78, 5) is 25.1. The molecule has 0 aliphatic carbocycles. The van der Waals surface area contributed by atoms with Crippen LogP contribution in [0.1, 0.15) is 40.0 Å². The van der Waals surface area contributed by atoms with E-state index in [2.05, 4.69) is 0 Å². The van der Waals surface area contributed by atoms with Crippen LogP contribution in [-0.4, -0.2) is 29.8 Å². The number of hydrogen-bond acceptors (Lipinski definition) is 3. The molecule has 1 saturated heterocycles. The molecule has 1 aromatic carbocycles. The number of hydrogen-bond donors (Lipinski definition) is 2. The van der Waals surface area contributed by atoms with Gasteiger partial charge >= 0.3 is 0 Å². The zero-order valence-corrected chi connectivity index (χ0v) is 10.2. The van der Waals surface area contributed by atoms with Gasteiger partial charge in [0, 0.05) is 24.3 Å². The number of likely N-dealkylation sites (tertiary alicyclic amines) is 1. The van der Waals surface area contributed by atoms with Crippen LogP contribution in [0, 0.1) is 0 Å². The van der Waals surface area contributed by atoms with Crippen LogP contribution in [-0.2, 0) is 0 Å². The predicted molar refractivity (Wildman–Crippen MR) is 69.1 cm³/mol. The van der Waals surface area contributed by atoms with Gasteiger partial charge in [0.05, 0.1) is 5.56 Å². The molecule has 0 radical (unpaired) electrons. The molecule has 0 bridgehead atoms. The first-order valence-electron chi connectivity index (χ1n) is 6.08. The number of carbonyl (C=O) groups excluding carboxylic acids is 2. The monoisotopic (exact) mass is 247 g/mol. The van der Waals surface area contributed by atoms with Crippen LogP contribution in [0.2, 0.25) is 0 Å². The highest BCUT2D eigenvalue weighted by atomic mass is 16.2. The molecule has 0 atom stereocenters. The van der Waals surface area contributed by atoms with Gasteiger partial charge in [-0.25, -0.2) is 0 Å². The number of piperidine rings is 1. The third kappa shape index (κ3) is 2.45. The van der Waals surface area contributed by atoms with E-state index in [0.717, 1.165) is 25.9 Å². The minimum Gasteiger partial charge on any atom is -0.398 e. The van der Waals surface area contributed by atoms with Crippen molar-refractivity contribution in [2.24, 2.45) is 5.73 Å². The van der Waals surface area contributed by atoms with Crippen molar-refractivity contribution in [3.8, 4) is 0 Å². The van der Waals surface area contributed by atoms with Crippen LogP contribution in [0.3, 0.4) is 0 Å². The molecule has 1 aliphatic rings. The maximum absolute atomic E-state index is 12.2. The van der Waals surface area contributed by atoms with Gasteiger partial charge in [0.25, 0.3) is 11.8 Å². The van der Waals surface area contributed by atoms with E-state index in [1.807, 2.05) is 4.90 Å². The lowest BCUT2D eigenvalue weighted by Crippen LogP contribution is -2.35. The highest BCUT2D eigenvalue weighted by Gasteiger charge is 2.19. The zero-order chi connectivity index (χ0) is 13.1. The van der Waals surface area contributed by atoms with E-state index < -0.39 is 5.91 Å². The van der Waals surface area contributed by atoms with E-state index in [0.29, 0.717) is 5.56 Å². The summed E-state index contributed by atoms with van der Waals surface area (Å²) in [7, 11) is 0. The first kappa shape index (κ1) is 12.4. The summed E-state index contributed by atoms with van der Waals surface area (Å²) in [5.74, 6) is -0.609. The normalized spacial score (nSPS) is 15.4. The lowest BCUT2D eigenvalue weighted by Gasteiger charge is -2.26. The Hall–Kier alpha value is -2.04. The van der Waals surface area contributed by atoms with E-state index in [1.165, 1.54) is 18.6 Å². The van der Waals surface area contributed by atoms with Gasteiger partial charge in [0.2, 0.25) is 0 Å². The first-order chi connectivity index (χ1) is 8.59. The Balaban J connectivity index is 2.20. The maximum Gasteiger partial charge on any atom is 0.253 e. The van der Waals surface area contributed by atoms with Crippen molar-refractivity contribution in [3.05, 3.63) is 29.3 Å². The second-order valence-corrected chi connectivity index (χ2v) is 4.52. The standard InChI is InChI=1S/C13H17N3O2/c14-11-8-9(4-5-10(11)12(15)17)13(18)16-6-2-1-3-7-16/h4-5,8H,1-3,6-7,14H2,(H2,15,17). The number of rotatable bonds is 2. The van der Waals surface area contributed by atoms with Crippen molar-refractivity contribution in [2.45, 2.75) is 19.3 Å². The number of nitrogen functional groups attached to an aromatic ring is 1. The molecule has 18 heavy (non-hydrogen) atoms. The zero-order valence-electron chi connectivity index (χ0n) is 10.2. The molecule has 0 saturated carbocycles. The van der Waals surface area contributed by atoms with Gasteiger partial charge in [0.15, 0.2) is 0 Å². The minimum absolute atomic E-state index is 0.0302. The second kappa shape index (κ2) is 5.08. The number of anilines is 1. The van der Waals surface area contributed by atoms with Crippen LogP contribution < -0.4 is 11.5 Å². The van der Waals surface area contributed by atoms with E-state index in [4.69, 9.17) is 11.5 Å². The quantitative estimate of drug-likeness (QED) is 0.764. The molecule has 1 aliphatic heterocycles. The fourth-order valence-corrected chi connectivity index (χ4v) is 2.20. The molecule has 96 valence electrons. The number of primary amides is 1. The molecule has 4 N–H and O–H groups in total. The number of benzene rings is 1. The van der Waals surface area contributed by atoms with Crippen molar-refractivity contribution in [1.82, 2.24) is 4.90 Å². The Kier molecular flexibility index (Phi) is 3.50. The van der Waals surface area contributed by atoms with Crippen LogP contribution in [0.15, 0.2) is 18.2 Å². The third-order valence-corrected chi connectivity index (χ3v) is 3.21. The Bertz CT molecular complexity index is 479. The highest BCUT2D eigenvalue weighted by Crippen LogP contribution is 2.17. The summed E-state index contributed by atoms with van der Waals surface area (Å²) in [5.41, 5.74) is 11.9. The summed E-state index contributed by atoms with van der Waals surface area (Å²) in [6.45, 7) is 1.58. The van der Waals surface area contributed by atoms with E-state index >= 15 is 0 Å². The van der Waals surface area contributed by atoms with E-state index in [1.54, 1.807) is 6.07 Å². The van der Waals surface area contributed by atoms with Gasteiger partial charge in [-0.15, -0.1) is 0 Å². The first-order valence-corrected chi connectivity index (χ1v) is 6.08. The maximum atomic E-state index is 12.2. The van der Waals surface area contributed by atoms with Gasteiger partial charge in [0.1, 0.15) is 0 Å². The summed E-state index contributed by atoms with van der Waals surface area (Å²) in [6.07, 6.45) is 3.26. The van der Waals surface area contributed by atoms with Crippen molar-refractivity contribution in [3.63, 3.8) is 0 Å². The van der Waals surface area contributed by atoms with Crippen LogP contribution in [0.25, 0.3) is 0 Å². The summed E-state index contributed by atoms with van der Waals surface area (Å²) in [5, 5.41) is 0. The van der Waals surface area contributed by atoms with E-state index in [9.17, 15) is 9.59 Å². The molecular weight excluding hydrogens is 230 g/mol. The van der Waals surface area contributed by atoms with Gasteiger partial charge in [-0.1, -0.05) is 0 Å². The molecular formula is C13H17N3O2.